The molecule has 0 amide bonds. The van der Waals surface area contributed by atoms with E-state index in [0.717, 1.165) is 43.6 Å². The lowest BCUT2D eigenvalue weighted by Gasteiger charge is -2.35. The van der Waals surface area contributed by atoms with Crippen molar-refractivity contribution in [2.75, 3.05) is 25.1 Å². The van der Waals surface area contributed by atoms with Crippen molar-refractivity contribution in [2.24, 2.45) is 0 Å². The van der Waals surface area contributed by atoms with Crippen LogP contribution in [0.5, 0.6) is 0 Å². The number of hydrogen-bond donors (Lipinski definition) is 1. The Bertz CT molecular complexity index is 381. The average molecular weight is 249 g/mol. The van der Waals surface area contributed by atoms with Gasteiger partial charge in [-0.25, -0.2) is 0 Å². The van der Waals surface area contributed by atoms with Crippen LogP contribution < -0.4 is 4.90 Å². The van der Waals surface area contributed by atoms with E-state index in [1.165, 1.54) is 0 Å². The lowest BCUT2D eigenvalue weighted by Crippen LogP contribution is -2.39. The van der Waals surface area contributed by atoms with Gasteiger partial charge in [0.2, 0.25) is 0 Å². The van der Waals surface area contributed by atoms with Crippen molar-refractivity contribution in [3.63, 3.8) is 0 Å². The zero-order valence-corrected chi connectivity index (χ0v) is 11.3. The van der Waals surface area contributed by atoms with Crippen molar-refractivity contribution < 1.29 is 9.84 Å². The molecule has 1 aliphatic heterocycles. The third-order valence-electron chi connectivity index (χ3n) is 3.73. The maximum absolute atomic E-state index is 10.1. The van der Waals surface area contributed by atoms with Crippen LogP contribution in [0, 0.1) is 0 Å². The zero-order valence-electron chi connectivity index (χ0n) is 11.3. The Kier molecular flexibility index (Phi) is 4.61. The number of aliphatic hydroxyl groups excluding tert-OH is 1. The predicted octanol–water partition coefficient (Wildman–Crippen LogP) is 2.75. The molecule has 0 aliphatic carbocycles. The number of methoxy groups -OCH3 is 1. The average Bonchev–Trinajstić information content (AvgIpc) is 2.46. The summed E-state index contributed by atoms with van der Waals surface area (Å²) in [6.45, 7) is 3.98. The molecule has 1 aliphatic rings. The van der Waals surface area contributed by atoms with Crippen molar-refractivity contribution >= 4 is 5.69 Å². The summed E-state index contributed by atoms with van der Waals surface area (Å²) in [6, 6.07) is 8.17. The van der Waals surface area contributed by atoms with E-state index in [1.54, 1.807) is 7.11 Å². The van der Waals surface area contributed by atoms with Crippen LogP contribution in [0.15, 0.2) is 24.3 Å². The first-order chi connectivity index (χ1) is 8.76. The van der Waals surface area contributed by atoms with E-state index in [0.29, 0.717) is 6.10 Å². The molecule has 0 bridgehead atoms. The van der Waals surface area contributed by atoms with Gasteiger partial charge in [-0.05, 0) is 25.3 Å². The molecular formula is C15H23NO2. The van der Waals surface area contributed by atoms with Crippen molar-refractivity contribution in [2.45, 2.75) is 38.4 Å². The van der Waals surface area contributed by atoms with Crippen molar-refractivity contribution in [3.05, 3.63) is 29.8 Å². The lowest BCUT2D eigenvalue weighted by molar-refractivity contribution is 0.0890. The first-order valence-electron chi connectivity index (χ1n) is 6.81. The summed E-state index contributed by atoms with van der Waals surface area (Å²) in [5, 5.41) is 10.1. The van der Waals surface area contributed by atoms with Gasteiger partial charge >= 0.3 is 0 Å². The van der Waals surface area contributed by atoms with Gasteiger partial charge in [-0.3, -0.25) is 0 Å². The molecule has 2 unspecified atom stereocenters. The number of aliphatic hydroxyl groups is 1. The number of anilines is 1. The van der Waals surface area contributed by atoms with Crippen LogP contribution in [0.1, 0.15) is 37.9 Å². The van der Waals surface area contributed by atoms with Crippen LogP contribution in [0.4, 0.5) is 5.69 Å². The van der Waals surface area contributed by atoms with Gasteiger partial charge in [0.1, 0.15) is 0 Å². The molecule has 0 spiro atoms. The van der Waals surface area contributed by atoms with Gasteiger partial charge in [0.25, 0.3) is 0 Å². The maximum Gasteiger partial charge on any atom is 0.0807 e. The lowest BCUT2D eigenvalue weighted by atomic mass is 10.0. The smallest absolute Gasteiger partial charge is 0.0807 e. The fourth-order valence-electron chi connectivity index (χ4n) is 2.63. The third-order valence-corrected chi connectivity index (χ3v) is 3.73. The molecule has 0 aromatic heterocycles. The summed E-state index contributed by atoms with van der Waals surface area (Å²) in [6.07, 6.45) is 2.97. The largest absolute Gasteiger partial charge is 0.388 e. The molecule has 1 heterocycles. The van der Waals surface area contributed by atoms with Crippen molar-refractivity contribution in [1.29, 1.82) is 0 Å². The highest BCUT2D eigenvalue weighted by Gasteiger charge is 2.22. The molecule has 1 N–H and O–H groups in total. The molecule has 100 valence electrons. The Morgan fingerprint density at radius 1 is 1.44 bits per heavy atom. The van der Waals surface area contributed by atoms with E-state index in [4.69, 9.17) is 4.74 Å². The monoisotopic (exact) mass is 249 g/mol. The number of ether oxygens (including phenoxy) is 1. The van der Waals surface area contributed by atoms with Gasteiger partial charge in [0, 0.05) is 31.5 Å². The van der Waals surface area contributed by atoms with E-state index < -0.39 is 0 Å². The maximum atomic E-state index is 10.1. The fourth-order valence-corrected chi connectivity index (χ4v) is 2.63. The summed E-state index contributed by atoms with van der Waals surface area (Å²) in [5.74, 6) is 0. The second-order valence-corrected chi connectivity index (χ2v) is 4.93. The molecule has 18 heavy (non-hydrogen) atoms. The Morgan fingerprint density at radius 2 is 2.22 bits per heavy atom. The summed E-state index contributed by atoms with van der Waals surface area (Å²) < 4.78 is 5.47. The van der Waals surface area contributed by atoms with Gasteiger partial charge < -0.3 is 14.7 Å². The van der Waals surface area contributed by atoms with Gasteiger partial charge in [-0.2, -0.15) is 0 Å². The highest BCUT2D eigenvalue weighted by Crippen LogP contribution is 2.30. The van der Waals surface area contributed by atoms with Crippen LogP contribution in [0.25, 0.3) is 0 Å². The van der Waals surface area contributed by atoms with Crippen molar-refractivity contribution in [1.82, 2.24) is 0 Å². The highest BCUT2D eigenvalue weighted by atomic mass is 16.5. The standard InChI is InChI=1S/C15H23NO2/c1-3-15(17)13-8-4-5-9-14(13)16-10-6-7-12(11-16)18-2/h4-5,8-9,12,15,17H,3,6-7,10-11H2,1-2H3. The number of benzene rings is 1. The molecule has 3 heteroatoms. The molecule has 1 fully saturated rings. The zero-order chi connectivity index (χ0) is 13.0. The number of rotatable bonds is 4. The quantitative estimate of drug-likeness (QED) is 0.890. The summed E-state index contributed by atoms with van der Waals surface area (Å²) in [4.78, 5) is 2.34. The molecule has 1 saturated heterocycles. The van der Waals surface area contributed by atoms with E-state index in [-0.39, 0.29) is 6.10 Å². The van der Waals surface area contributed by atoms with Crippen LogP contribution in [0.3, 0.4) is 0 Å². The molecule has 0 radical (unpaired) electrons. The van der Waals surface area contributed by atoms with Gasteiger partial charge in [0.15, 0.2) is 0 Å². The molecule has 1 aromatic rings. The van der Waals surface area contributed by atoms with Crippen LogP contribution in [-0.2, 0) is 4.74 Å². The Morgan fingerprint density at radius 3 is 2.94 bits per heavy atom. The van der Waals surface area contributed by atoms with E-state index in [2.05, 4.69) is 11.0 Å². The summed E-state index contributed by atoms with van der Waals surface area (Å²) in [7, 11) is 1.78. The third kappa shape index (κ3) is 2.85. The Labute approximate surface area is 109 Å². The Hall–Kier alpha value is -1.06. The number of para-hydroxylation sites is 1. The molecule has 2 atom stereocenters. The van der Waals surface area contributed by atoms with E-state index >= 15 is 0 Å². The minimum Gasteiger partial charge on any atom is -0.388 e. The topological polar surface area (TPSA) is 32.7 Å². The van der Waals surface area contributed by atoms with Gasteiger partial charge in [0.05, 0.1) is 12.2 Å². The number of nitrogens with zero attached hydrogens (tertiary/aromatic N) is 1. The van der Waals surface area contributed by atoms with Crippen LogP contribution in [0.2, 0.25) is 0 Å². The number of hydrogen-bond acceptors (Lipinski definition) is 3. The normalized spacial score (nSPS) is 21.9. The van der Waals surface area contributed by atoms with Crippen molar-refractivity contribution in [3.8, 4) is 0 Å². The van der Waals surface area contributed by atoms with E-state index in [1.807, 2.05) is 25.1 Å². The van der Waals surface area contributed by atoms with Gasteiger partial charge in [-0.1, -0.05) is 25.1 Å². The molecule has 0 saturated carbocycles. The van der Waals surface area contributed by atoms with Crippen LogP contribution in [-0.4, -0.2) is 31.4 Å². The minimum absolute atomic E-state index is 0.311. The van der Waals surface area contributed by atoms with E-state index in [9.17, 15) is 5.11 Å². The second-order valence-electron chi connectivity index (χ2n) is 4.93. The predicted molar refractivity (Wildman–Crippen MR) is 73.9 cm³/mol. The first kappa shape index (κ1) is 13.4. The molecule has 2 rings (SSSR count). The fraction of sp³-hybridized carbons (Fsp3) is 0.600. The SMILES string of the molecule is CCC(O)c1ccccc1N1CCCC(OC)C1. The molecule has 1 aromatic carbocycles. The van der Waals surface area contributed by atoms with Gasteiger partial charge in [-0.15, -0.1) is 0 Å². The minimum atomic E-state index is -0.371. The second kappa shape index (κ2) is 6.21. The summed E-state index contributed by atoms with van der Waals surface area (Å²) in [5.41, 5.74) is 2.20. The summed E-state index contributed by atoms with van der Waals surface area (Å²) >= 11 is 0. The number of piperidine rings is 1. The first-order valence-corrected chi connectivity index (χ1v) is 6.81. The highest BCUT2D eigenvalue weighted by molar-refractivity contribution is 5.55. The molecular weight excluding hydrogens is 226 g/mol. The van der Waals surface area contributed by atoms with Crippen LogP contribution >= 0.6 is 0 Å². The molecule has 3 nitrogen and oxygen atoms in total. The Balaban J connectivity index is 2.21.